The van der Waals surface area contributed by atoms with Crippen molar-refractivity contribution in [3.05, 3.63) is 12.2 Å². The zero-order valence-corrected chi connectivity index (χ0v) is 22.8. The Bertz CT molecular complexity index is 486. The van der Waals surface area contributed by atoms with E-state index < -0.39 is 0 Å². The first-order chi connectivity index (χ1) is 15.9. The molecule has 0 unspecified atom stereocenters. The number of carbonyl (C=O) groups is 1. The smallest absolute Gasteiger partial charge is 0.222 e. The SMILES string of the molecule is CNCCOCCOCC[C@](C)(OCCOCCOCCC(=O)NC/C=C/C(C)C)SSC. The van der Waals surface area contributed by atoms with Gasteiger partial charge >= 0.3 is 0 Å². The Morgan fingerprint density at radius 3 is 2.18 bits per heavy atom. The topological polar surface area (TPSA) is 87.3 Å². The van der Waals surface area contributed by atoms with Crippen LogP contribution in [-0.4, -0.2) is 96.7 Å². The molecule has 0 aromatic rings. The summed E-state index contributed by atoms with van der Waals surface area (Å²) in [5, 5.41) is 5.88. The van der Waals surface area contributed by atoms with E-state index in [1.54, 1.807) is 21.6 Å². The molecular formula is C23H46N2O6S2. The summed E-state index contributed by atoms with van der Waals surface area (Å²) in [5.41, 5.74) is 0. The molecule has 0 spiro atoms. The monoisotopic (exact) mass is 510 g/mol. The van der Waals surface area contributed by atoms with Crippen LogP contribution in [0.15, 0.2) is 12.2 Å². The minimum absolute atomic E-state index is 0.00592. The van der Waals surface area contributed by atoms with Crippen molar-refractivity contribution in [2.45, 2.75) is 38.5 Å². The quantitative estimate of drug-likeness (QED) is 0.0880. The van der Waals surface area contributed by atoms with E-state index in [9.17, 15) is 4.79 Å². The Hall–Kier alpha value is -0.330. The molecule has 0 aliphatic heterocycles. The highest BCUT2D eigenvalue weighted by Gasteiger charge is 2.25. The van der Waals surface area contributed by atoms with Gasteiger partial charge < -0.3 is 34.3 Å². The van der Waals surface area contributed by atoms with Gasteiger partial charge in [0.25, 0.3) is 0 Å². The summed E-state index contributed by atoms with van der Waals surface area (Å²) in [6, 6.07) is 0. The van der Waals surface area contributed by atoms with Gasteiger partial charge in [-0.1, -0.05) is 47.6 Å². The maximum Gasteiger partial charge on any atom is 0.222 e. The molecule has 0 heterocycles. The maximum absolute atomic E-state index is 11.7. The van der Waals surface area contributed by atoms with Crippen LogP contribution >= 0.6 is 21.6 Å². The van der Waals surface area contributed by atoms with E-state index >= 15 is 0 Å². The lowest BCUT2D eigenvalue weighted by Crippen LogP contribution is -2.28. The van der Waals surface area contributed by atoms with Gasteiger partial charge in [0.1, 0.15) is 4.93 Å². The zero-order chi connectivity index (χ0) is 24.6. The Kier molecular flexibility index (Phi) is 23.2. The average molecular weight is 511 g/mol. The van der Waals surface area contributed by atoms with Crippen molar-refractivity contribution in [2.75, 3.05) is 85.9 Å². The maximum atomic E-state index is 11.7. The van der Waals surface area contributed by atoms with Crippen molar-refractivity contribution in [3.8, 4) is 0 Å². The van der Waals surface area contributed by atoms with Crippen LogP contribution < -0.4 is 10.6 Å². The van der Waals surface area contributed by atoms with Gasteiger partial charge in [-0.15, -0.1) is 0 Å². The minimum atomic E-state index is -0.329. The fourth-order valence-electron chi connectivity index (χ4n) is 2.47. The van der Waals surface area contributed by atoms with Gasteiger partial charge in [-0.2, -0.15) is 0 Å². The first kappa shape index (κ1) is 32.7. The number of carbonyl (C=O) groups excluding carboxylic acids is 1. The molecular weight excluding hydrogens is 464 g/mol. The first-order valence-corrected chi connectivity index (χ1v) is 14.2. The molecule has 0 aliphatic rings. The third-order valence-electron chi connectivity index (χ3n) is 4.25. The molecule has 0 bridgehead atoms. The summed E-state index contributed by atoms with van der Waals surface area (Å²) in [6.07, 6.45) is 7.22. The molecule has 1 amide bonds. The molecule has 0 aliphatic carbocycles. The minimum Gasteiger partial charge on any atom is -0.379 e. The molecule has 0 saturated heterocycles. The number of amides is 1. The van der Waals surface area contributed by atoms with Crippen molar-refractivity contribution in [1.29, 1.82) is 0 Å². The number of nitrogens with one attached hydrogen (secondary N) is 2. The van der Waals surface area contributed by atoms with E-state index in [0.29, 0.717) is 78.3 Å². The predicted molar refractivity (Wildman–Crippen MR) is 139 cm³/mol. The lowest BCUT2D eigenvalue weighted by Gasteiger charge is -2.28. The second kappa shape index (κ2) is 23.4. The van der Waals surface area contributed by atoms with Crippen molar-refractivity contribution in [3.63, 3.8) is 0 Å². The predicted octanol–water partition coefficient (Wildman–Crippen LogP) is 3.12. The van der Waals surface area contributed by atoms with Gasteiger partial charge in [-0.05, 0) is 26.1 Å². The third kappa shape index (κ3) is 23.2. The molecule has 33 heavy (non-hydrogen) atoms. The number of hydrogen-bond acceptors (Lipinski definition) is 9. The largest absolute Gasteiger partial charge is 0.379 e. The Labute approximate surface area is 209 Å². The highest BCUT2D eigenvalue weighted by molar-refractivity contribution is 8.76. The van der Waals surface area contributed by atoms with Crippen LogP contribution in [0.5, 0.6) is 0 Å². The molecule has 0 radical (unpaired) electrons. The molecule has 0 aromatic heterocycles. The number of likely N-dealkylation sites (N-methyl/N-ethyl adjacent to an activating group) is 1. The van der Waals surface area contributed by atoms with E-state index in [4.69, 9.17) is 23.7 Å². The summed E-state index contributed by atoms with van der Waals surface area (Å²) in [5.74, 6) is 0.486. The zero-order valence-electron chi connectivity index (χ0n) is 21.2. The number of ether oxygens (including phenoxy) is 5. The van der Waals surface area contributed by atoms with Gasteiger partial charge in [-0.25, -0.2) is 0 Å². The van der Waals surface area contributed by atoms with Crippen molar-refractivity contribution in [2.24, 2.45) is 5.92 Å². The molecule has 196 valence electrons. The average Bonchev–Trinajstić information content (AvgIpc) is 2.77. The molecule has 0 aromatic carbocycles. The summed E-state index contributed by atoms with van der Waals surface area (Å²) in [7, 11) is 5.28. The first-order valence-electron chi connectivity index (χ1n) is 11.7. The summed E-state index contributed by atoms with van der Waals surface area (Å²) in [6.45, 7) is 12.5. The lowest BCUT2D eigenvalue weighted by atomic mass is 10.2. The van der Waals surface area contributed by atoms with E-state index in [0.717, 1.165) is 13.0 Å². The van der Waals surface area contributed by atoms with Crippen LogP contribution in [0, 0.1) is 5.92 Å². The van der Waals surface area contributed by atoms with Crippen LogP contribution in [0.4, 0.5) is 0 Å². The summed E-state index contributed by atoms with van der Waals surface area (Å²) < 4.78 is 28.2. The van der Waals surface area contributed by atoms with Gasteiger partial charge in [0.05, 0.1) is 59.5 Å². The Morgan fingerprint density at radius 1 is 0.939 bits per heavy atom. The second-order valence-electron chi connectivity index (χ2n) is 7.76. The molecule has 10 heteroatoms. The Morgan fingerprint density at radius 2 is 1.55 bits per heavy atom. The van der Waals surface area contributed by atoms with Crippen molar-refractivity contribution >= 4 is 27.5 Å². The van der Waals surface area contributed by atoms with Crippen LogP contribution in [0.1, 0.15) is 33.6 Å². The van der Waals surface area contributed by atoms with Gasteiger partial charge in [-0.3, -0.25) is 4.79 Å². The summed E-state index contributed by atoms with van der Waals surface area (Å²) in [4.78, 5) is 11.4. The van der Waals surface area contributed by atoms with E-state index in [1.165, 1.54) is 0 Å². The number of allylic oxidation sites excluding steroid dienone is 1. The third-order valence-corrected chi connectivity index (χ3v) is 6.65. The molecule has 0 fully saturated rings. The molecule has 0 rings (SSSR count). The van der Waals surface area contributed by atoms with Crippen LogP contribution in [0.3, 0.4) is 0 Å². The van der Waals surface area contributed by atoms with E-state index in [-0.39, 0.29) is 10.8 Å². The summed E-state index contributed by atoms with van der Waals surface area (Å²) >= 11 is 0. The normalized spacial score (nSPS) is 13.6. The second-order valence-corrected chi connectivity index (χ2v) is 10.6. The van der Waals surface area contributed by atoms with Crippen molar-refractivity contribution in [1.82, 2.24) is 10.6 Å². The van der Waals surface area contributed by atoms with Gasteiger partial charge in [0.2, 0.25) is 5.91 Å². The van der Waals surface area contributed by atoms with Crippen LogP contribution in [0.2, 0.25) is 0 Å². The number of rotatable bonds is 24. The highest BCUT2D eigenvalue weighted by atomic mass is 33.1. The van der Waals surface area contributed by atoms with Gasteiger partial charge in [0, 0.05) is 25.9 Å². The lowest BCUT2D eigenvalue weighted by molar-refractivity contribution is -0.122. The van der Waals surface area contributed by atoms with Gasteiger partial charge in [0.15, 0.2) is 0 Å². The fraction of sp³-hybridized carbons (Fsp3) is 0.870. The molecule has 2 N–H and O–H groups in total. The molecule has 8 nitrogen and oxygen atoms in total. The van der Waals surface area contributed by atoms with E-state index in [2.05, 4.69) is 37.5 Å². The highest BCUT2D eigenvalue weighted by Crippen LogP contribution is 2.37. The van der Waals surface area contributed by atoms with E-state index in [1.807, 2.05) is 19.4 Å². The van der Waals surface area contributed by atoms with Crippen molar-refractivity contribution < 1.29 is 28.5 Å². The Balaban J connectivity index is 3.68. The number of hydrogen-bond donors (Lipinski definition) is 2. The molecule has 0 saturated carbocycles. The van der Waals surface area contributed by atoms with Crippen LogP contribution in [0.25, 0.3) is 0 Å². The molecule has 1 atom stereocenters. The standard InChI is InChI=1S/C23H46N2O6S2/c1-21(2)7-6-10-25-22(26)8-12-27-15-18-30-19-20-31-23(3,33-32-5)9-13-28-16-17-29-14-11-24-4/h6-7,21,24H,8-20H2,1-5H3,(H,25,26)/b7-6+/t23-/m1/s1. The van der Waals surface area contributed by atoms with Crippen LogP contribution in [-0.2, 0) is 28.5 Å². The fourth-order valence-corrected chi connectivity index (χ4v) is 4.58.